The molecule has 0 saturated carbocycles. The molecular formula is C11H12O2. The number of methoxy groups -OCH3 is 1. The first kappa shape index (κ1) is 9.60. The van der Waals surface area contributed by atoms with Crippen LogP contribution < -0.4 is 0 Å². The third kappa shape index (κ3) is 2.79. The summed E-state index contributed by atoms with van der Waals surface area (Å²) < 4.78 is 5.07. The molecule has 0 aromatic carbocycles. The minimum Gasteiger partial charge on any atom is -0.497 e. The van der Waals surface area contributed by atoms with Crippen LogP contribution in [0, 0.1) is 11.8 Å². The highest BCUT2D eigenvalue weighted by molar-refractivity contribution is 5.94. The molecule has 1 aliphatic carbocycles. The van der Waals surface area contributed by atoms with Crippen LogP contribution in [0.25, 0.3) is 0 Å². The molecule has 2 heteroatoms. The van der Waals surface area contributed by atoms with Crippen molar-refractivity contribution in [1.82, 2.24) is 0 Å². The zero-order chi connectivity index (χ0) is 9.68. The lowest BCUT2D eigenvalue weighted by molar-refractivity contribution is -0.113. The molecule has 0 aromatic heterocycles. The molecule has 0 heterocycles. The predicted octanol–water partition coefficient (Wildman–Crippen LogP) is 1.83. The second-order valence-corrected chi connectivity index (χ2v) is 2.77. The van der Waals surface area contributed by atoms with E-state index in [1.165, 1.54) is 0 Å². The van der Waals surface area contributed by atoms with Crippen LogP contribution >= 0.6 is 0 Å². The largest absolute Gasteiger partial charge is 0.497 e. The quantitative estimate of drug-likeness (QED) is 0.600. The Bertz CT molecular complexity index is 324. The summed E-state index contributed by atoms with van der Waals surface area (Å²) in [5.41, 5.74) is 0.709. The molecule has 0 atom stereocenters. The molecule has 68 valence electrons. The highest BCUT2D eigenvalue weighted by Gasteiger charge is 2.04. The van der Waals surface area contributed by atoms with Gasteiger partial charge in [0.05, 0.1) is 7.11 Å². The smallest absolute Gasteiger partial charge is 0.156 e. The maximum absolute atomic E-state index is 11.1. The molecule has 13 heavy (non-hydrogen) atoms. The van der Waals surface area contributed by atoms with Gasteiger partial charge in [0.2, 0.25) is 0 Å². The summed E-state index contributed by atoms with van der Waals surface area (Å²) in [6.45, 7) is 1.54. The Balaban J connectivity index is 2.95. The van der Waals surface area contributed by atoms with E-state index in [1.54, 1.807) is 20.1 Å². The number of carbonyl (C=O) groups excluding carboxylic acids is 1. The highest BCUT2D eigenvalue weighted by atomic mass is 16.5. The fraction of sp³-hybridized carbons (Fsp3) is 0.364. The predicted molar refractivity (Wildman–Crippen MR) is 50.9 cm³/mol. The first-order valence-electron chi connectivity index (χ1n) is 4.15. The van der Waals surface area contributed by atoms with Crippen LogP contribution in [0.5, 0.6) is 0 Å². The topological polar surface area (TPSA) is 26.3 Å². The van der Waals surface area contributed by atoms with Crippen molar-refractivity contribution in [3.8, 4) is 11.8 Å². The van der Waals surface area contributed by atoms with Gasteiger partial charge in [0.15, 0.2) is 5.78 Å². The molecule has 1 aliphatic rings. The maximum Gasteiger partial charge on any atom is 0.156 e. The van der Waals surface area contributed by atoms with Crippen molar-refractivity contribution >= 4 is 5.78 Å². The molecule has 0 spiro atoms. The molecular weight excluding hydrogens is 164 g/mol. The molecule has 0 aliphatic heterocycles. The van der Waals surface area contributed by atoms with Gasteiger partial charge in [0.25, 0.3) is 0 Å². The van der Waals surface area contributed by atoms with Gasteiger partial charge in [-0.1, -0.05) is 11.8 Å². The van der Waals surface area contributed by atoms with E-state index in [4.69, 9.17) is 4.74 Å². The van der Waals surface area contributed by atoms with E-state index in [9.17, 15) is 4.79 Å². The van der Waals surface area contributed by atoms with Gasteiger partial charge in [-0.05, 0) is 19.1 Å². The fourth-order valence-electron chi connectivity index (χ4n) is 1.03. The molecule has 1 rings (SSSR count). The van der Waals surface area contributed by atoms with E-state index >= 15 is 0 Å². The zero-order valence-corrected chi connectivity index (χ0v) is 7.89. The highest BCUT2D eigenvalue weighted by Crippen LogP contribution is 2.10. The number of hydrogen-bond acceptors (Lipinski definition) is 2. The lowest BCUT2D eigenvalue weighted by Crippen LogP contribution is -1.98. The van der Waals surface area contributed by atoms with Crippen molar-refractivity contribution < 1.29 is 9.53 Å². The summed E-state index contributed by atoms with van der Waals surface area (Å²) >= 11 is 0. The minimum atomic E-state index is 0.0548. The average molecular weight is 176 g/mol. The third-order valence-electron chi connectivity index (χ3n) is 1.81. The monoisotopic (exact) mass is 176 g/mol. The Hall–Kier alpha value is -1.49. The van der Waals surface area contributed by atoms with Gasteiger partial charge in [-0.15, -0.1) is 0 Å². The van der Waals surface area contributed by atoms with Crippen LogP contribution in [-0.2, 0) is 9.53 Å². The second kappa shape index (κ2) is 4.51. The van der Waals surface area contributed by atoms with Crippen molar-refractivity contribution in [3.63, 3.8) is 0 Å². The summed E-state index contributed by atoms with van der Waals surface area (Å²) in [4.78, 5) is 11.1. The van der Waals surface area contributed by atoms with E-state index < -0.39 is 0 Å². The summed E-state index contributed by atoms with van der Waals surface area (Å²) in [5, 5.41) is 0. The summed E-state index contributed by atoms with van der Waals surface area (Å²) in [5.74, 6) is 6.64. The second-order valence-electron chi connectivity index (χ2n) is 2.77. The fourth-order valence-corrected chi connectivity index (χ4v) is 1.03. The number of rotatable bonds is 2. The lowest BCUT2D eigenvalue weighted by Gasteiger charge is -2.04. The van der Waals surface area contributed by atoms with Crippen molar-refractivity contribution in [2.75, 3.05) is 7.11 Å². The number of allylic oxidation sites excluding steroid dienone is 3. The molecule has 0 unspecified atom stereocenters. The SMILES string of the molecule is COC1=CCC#CCC(C(C)=O)=C1. The average Bonchev–Trinajstić information content (AvgIpc) is 2.03. The van der Waals surface area contributed by atoms with Crippen LogP contribution in [0.1, 0.15) is 19.8 Å². The first-order chi connectivity index (χ1) is 6.24. The Labute approximate surface area is 78.3 Å². The lowest BCUT2D eigenvalue weighted by atomic mass is 10.1. The van der Waals surface area contributed by atoms with Crippen molar-refractivity contribution in [2.24, 2.45) is 0 Å². The van der Waals surface area contributed by atoms with Crippen LogP contribution in [0.15, 0.2) is 23.5 Å². The van der Waals surface area contributed by atoms with Gasteiger partial charge in [-0.3, -0.25) is 4.79 Å². The number of ketones is 1. The van der Waals surface area contributed by atoms with Gasteiger partial charge >= 0.3 is 0 Å². The van der Waals surface area contributed by atoms with Crippen LogP contribution in [-0.4, -0.2) is 12.9 Å². The standard InChI is InChI=1S/C11H12O2/c1-9(12)10-6-4-3-5-7-11(8-10)13-2/h7-8H,5-6H2,1-2H3. The normalized spacial score (nSPS) is 15.5. The zero-order valence-electron chi connectivity index (χ0n) is 7.89. The molecule has 0 amide bonds. The summed E-state index contributed by atoms with van der Waals surface area (Å²) in [7, 11) is 1.59. The Morgan fingerprint density at radius 3 is 2.92 bits per heavy atom. The van der Waals surface area contributed by atoms with Crippen molar-refractivity contribution in [3.05, 3.63) is 23.5 Å². The molecule has 0 fully saturated rings. The summed E-state index contributed by atoms with van der Waals surface area (Å²) in [6.07, 6.45) is 4.84. The molecule has 0 aromatic rings. The number of hydrogen-bond donors (Lipinski definition) is 0. The van der Waals surface area contributed by atoms with Crippen LogP contribution in [0.3, 0.4) is 0 Å². The van der Waals surface area contributed by atoms with Crippen LogP contribution in [0.2, 0.25) is 0 Å². The molecule has 0 N–H and O–H groups in total. The Morgan fingerprint density at radius 1 is 1.54 bits per heavy atom. The molecule has 2 nitrogen and oxygen atoms in total. The van der Waals surface area contributed by atoms with Gasteiger partial charge < -0.3 is 4.74 Å². The number of ether oxygens (including phenoxy) is 1. The van der Waals surface area contributed by atoms with E-state index in [2.05, 4.69) is 11.8 Å². The Kier molecular flexibility index (Phi) is 3.33. The summed E-state index contributed by atoms with van der Waals surface area (Å²) in [6, 6.07) is 0. The third-order valence-corrected chi connectivity index (χ3v) is 1.81. The van der Waals surface area contributed by atoms with Gasteiger partial charge in [-0.2, -0.15) is 0 Å². The van der Waals surface area contributed by atoms with Gasteiger partial charge in [0.1, 0.15) is 5.76 Å². The first-order valence-corrected chi connectivity index (χ1v) is 4.15. The van der Waals surface area contributed by atoms with E-state index in [0.717, 1.165) is 5.76 Å². The van der Waals surface area contributed by atoms with Crippen molar-refractivity contribution in [1.29, 1.82) is 0 Å². The van der Waals surface area contributed by atoms with E-state index in [1.807, 2.05) is 6.08 Å². The van der Waals surface area contributed by atoms with E-state index in [0.29, 0.717) is 18.4 Å². The molecule has 0 saturated heterocycles. The molecule has 0 radical (unpaired) electrons. The molecule has 0 bridgehead atoms. The number of carbonyl (C=O) groups is 1. The minimum absolute atomic E-state index is 0.0548. The maximum atomic E-state index is 11.1. The number of Topliss-reactive ketones (excluding diaryl/α,β-unsaturated/α-hetero) is 1. The van der Waals surface area contributed by atoms with Crippen molar-refractivity contribution in [2.45, 2.75) is 19.8 Å². The van der Waals surface area contributed by atoms with Gasteiger partial charge in [0, 0.05) is 18.4 Å². The van der Waals surface area contributed by atoms with Gasteiger partial charge in [-0.25, -0.2) is 0 Å². The van der Waals surface area contributed by atoms with E-state index in [-0.39, 0.29) is 5.78 Å². The Morgan fingerprint density at radius 2 is 2.31 bits per heavy atom. The van der Waals surface area contributed by atoms with Crippen LogP contribution in [0.4, 0.5) is 0 Å².